The highest BCUT2D eigenvalue weighted by Gasteiger charge is 2.44. The molecule has 3 aliphatic rings. The summed E-state index contributed by atoms with van der Waals surface area (Å²) >= 11 is 1.79. The molecule has 0 unspecified atom stereocenters. The summed E-state index contributed by atoms with van der Waals surface area (Å²) in [5.74, 6) is 0.782. The molecule has 21 heavy (non-hydrogen) atoms. The van der Waals surface area contributed by atoms with E-state index < -0.39 is 0 Å². The minimum absolute atomic E-state index is 0.104. The Balaban J connectivity index is 1.46. The molecule has 1 aromatic rings. The maximum atomic E-state index is 12.5. The van der Waals surface area contributed by atoms with Crippen LogP contribution in [0.3, 0.4) is 0 Å². The quantitative estimate of drug-likeness (QED) is 0.923. The monoisotopic (exact) mass is 306 g/mol. The van der Waals surface area contributed by atoms with E-state index in [9.17, 15) is 4.79 Å². The van der Waals surface area contributed by atoms with Gasteiger partial charge in [0.25, 0.3) is 0 Å². The Labute approximate surface area is 129 Å². The smallest absolute Gasteiger partial charge is 0.225 e. The highest BCUT2D eigenvalue weighted by Crippen LogP contribution is 2.35. The minimum Gasteiger partial charge on any atom is -0.377 e. The summed E-state index contributed by atoms with van der Waals surface area (Å²) < 4.78 is 5.89. The molecule has 114 valence electrons. The Morgan fingerprint density at radius 2 is 2.29 bits per heavy atom. The topological polar surface area (TPSA) is 41.6 Å². The highest BCUT2D eigenvalue weighted by atomic mass is 32.1. The van der Waals surface area contributed by atoms with Crippen molar-refractivity contribution in [2.75, 3.05) is 19.7 Å². The van der Waals surface area contributed by atoms with Crippen LogP contribution in [0.2, 0.25) is 0 Å². The molecule has 0 bridgehead atoms. The molecule has 1 aromatic heterocycles. The van der Waals surface area contributed by atoms with Crippen molar-refractivity contribution in [2.45, 2.75) is 38.0 Å². The molecule has 0 spiro atoms. The summed E-state index contributed by atoms with van der Waals surface area (Å²) in [4.78, 5) is 16.3. The summed E-state index contributed by atoms with van der Waals surface area (Å²) in [6, 6.07) is 4.72. The molecule has 3 fully saturated rings. The van der Waals surface area contributed by atoms with E-state index in [0.29, 0.717) is 12.0 Å². The number of hydrogen-bond acceptors (Lipinski definition) is 4. The van der Waals surface area contributed by atoms with Crippen LogP contribution in [-0.2, 0) is 16.1 Å². The van der Waals surface area contributed by atoms with Crippen LogP contribution in [0.5, 0.6) is 0 Å². The molecule has 1 N–H and O–H groups in total. The van der Waals surface area contributed by atoms with Gasteiger partial charge in [-0.2, -0.15) is 0 Å². The number of piperidine rings is 1. The van der Waals surface area contributed by atoms with Crippen molar-refractivity contribution in [3.05, 3.63) is 22.4 Å². The lowest BCUT2D eigenvalue weighted by Gasteiger charge is -2.39. The van der Waals surface area contributed by atoms with Crippen LogP contribution in [0.4, 0.5) is 0 Å². The number of carbonyl (C=O) groups excluding carboxylic acids is 1. The summed E-state index contributed by atoms with van der Waals surface area (Å²) in [5, 5.41) is 5.31. The van der Waals surface area contributed by atoms with Crippen molar-refractivity contribution >= 4 is 17.2 Å². The third kappa shape index (κ3) is 3.00. The number of amides is 1. The number of nitrogens with one attached hydrogen (secondary N) is 1. The molecule has 1 saturated carbocycles. The van der Waals surface area contributed by atoms with E-state index in [2.05, 4.69) is 27.7 Å². The number of carbonyl (C=O) groups is 1. The maximum absolute atomic E-state index is 12.5. The van der Waals surface area contributed by atoms with Gasteiger partial charge in [0, 0.05) is 43.1 Å². The van der Waals surface area contributed by atoms with Gasteiger partial charge < -0.3 is 10.1 Å². The lowest BCUT2D eigenvalue weighted by Crippen LogP contribution is -2.52. The number of likely N-dealkylation sites (tertiary alicyclic amines) is 1. The fourth-order valence-corrected chi connectivity index (χ4v) is 4.37. The molecule has 3 atom stereocenters. The lowest BCUT2D eigenvalue weighted by atomic mass is 9.82. The van der Waals surface area contributed by atoms with Crippen molar-refractivity contribution in [3.63, 3.8) is 0 Å². The average Bonchev–Trinajstić information content (AvgIpc) is 2.96. The van der Waals surface area contributed by atoms with Crippen molar-refractivity contribution < 1.29 is 9.53 Å². The van der Waals surface area contributed by atoms with Crippen LogP contribution in [0.1, 0.15) is 24.1 Å². The molecule has 2 aliphatic heterocycles. The first-order chi connectivity index (χ1) is 10.3. The first-order valence-corrected chi connectivity index (χ1v) is 8.84. The van der Waals surface area contributed by atoms with E-state index in [0.717, 1.165) is 45.5 Å². The molecule has 5 heteroatoms. The van der Waals surface area contributed by atoms with Crippen LogP contribution >= 0.6 is 11.3 Å². The Hall–Kier alpha value is -0.910. The molecule has 1 aliphatic carbocycles. The number of fused-ring (bicyclic) bond motifs is 1. The molecule has 2 saturated heterocycles. The van der Waals surface area contributed by atoms with Gasteiger partial charge >= 0.3 is 0 Å². The molecule has 0 aromatic carbocycles. The molecule has 1 amide bonds. The van der Waals surface area contributed by atoms with E-state index in [1.54, 1.807) is 11.3 Å². The van der Waals surface area contributed by atoms with Gasteiger partial charge in [0.15, 0.2) is 0 Å². The zero-order chi connectivity index (χ0) is 14.2. The minimum atomic E-state index is 0.104. The highest BCUT2D eigenvalue weighted by molar-refractivity contribution is 7.09. The Bertz CT molecular complexity index is 500. The summed E-state index contributed by atoms with van der Waals surface area (Å²) in [6.45, 7) is 3.60. The van der Waals surface area contributed by atoms with Crippen LogP contribution in [0.25, 0.3) is 0 Å². The third-order valence-corrected chi connectivity index (χ3v) is 5.75. The van der Waals surface area contributed by atoms with Crippen LogP contribution in [0, 0.1) is 11.8 Å². The van der Waals surface area contributed by atoms with Crippen molar-refractivity contribution in [3.8, 4) is 0 Å². The van der Waals surface area contributed by atoms with Crippen LogP contribution in [0.15, 0.2) is 17.5 Å². The normalized spacial score (nSPS) is 32.9. The zero-order valence-corrected chi connectivity index (χ0v) is 13.0. The van der Waals surface area contributed by atoms with E-state index in [1.807, 2.05) is 0 Å². The van der Waals surface area contributed by atoms with Gasteiger partial charge in [-0.25, -0.2) is 0 Å². The standard InChI is InChI=1S/C16H22N2O2S/c19-16(17-11-3-4-11)14-9-18(8-12-2-1-7-21-12)10-15-13(14)5-6-20-15/h1-2,7,11,13-15H,3-6,8-10H2,(H,17,19)/t13-,14+,15+/m0/s1. The second-order valence-corrected chi connectivity index (χ2v) is 7.56. The van der Waals surface area contributed by atoms with Gasteiger partial charge in [-0.05, 0) is 30.7 Å². The Morgan fingerprint density at radius 1 is 1.38 bits per heavy atom. The molecule has 4 nitrogen and oxygen atoms in total. The van der Waals surface area contributed by atoms with Crippen LogP contribution in [-0.4, -0.2) is 42.6 Å². The van der Waals surface area contributed by atoms with Gasteiger partial charge in [-0.1, -0.05) is 6.07 Å². The second kappa shape index (κ2) is 5.71. The van der Waals surface area contributed by atoms with Crippen molar-refractivity contribution in [2.24, 2.45) is 11.8 Å². The van der Waals surface area contributed by atoms with Crippen molar-refractivity contribution in [1.82, 2.24) is 10.2 Å². The first kappa shape index (κ1) is 13.7. The number of nitrogens with zero attached hydrogens (tertiary/aromatic N) is 1. The van der Waals surface area contributed by atoms with Crippen molar-refractivity contribution in [1.29, 1.82) is 0 Å². The van der Waals surface area contributed by atoms with Gasteiger partial charge in [0.1, 0.15) is 0 Å². The summed E-state index contributed by atoms with van der Waals surface area (Å²) in [6.07, 6.45) is 3.60. The number of ether oxygens (including phenoxy) is 1. The predicted octanol–water partition coefficient (Wildman–Crippen LogP) is 1.86. The van der Waals surface area contributed by atoms with Gasteiger partial charge in [0.2, 0.25) is 5.91 Å². The van der Waals surface area contributed by atoms with Gasteiger partial charge in [0.05, 0.1) is 12.0 Å². The average molecular weight is 306 g/mol. The zero-order valence-electron chi connectivity index (χ0n) is 12.2. The number of rotatable bonds is 4. The number of hydrogen-bond donors (Lipinski definition) is 1. The predicted molar refractivity (Wildman–Crippen MR) is 82.1 cm³/mol. The molecule has 4 rings (SSSR count). The fraction of sp³-hybridized carbons (Fsp3) is 0.688. The largest absolute Gasteiger partial charge is 0.377 e. The Kier molecular flexibility index (Phi) is 3.73. The molecule has 3 heterocycles. The third-order valence-electron chi connectivity index (χ3n) is 4.89. The SMILES string of the molecule is O=C(NC1CC1)[C@@H]1CN(Cc2cccs2)C[C@H]2OCC[C@H]21. The molecular weight excluding hydrogens is 284 g/mol. The summed E-state index contributed by atoms with van der Waals surface area (Å²) in [5.41, 5.74) is 0. The van der Waals surface area contributed by atoms with E-state index >= 15 is 0 Å². The Morgan fingerprint density at radius 3 is 3.05 bits per heavy atom. The van der Waals surface area contributed by atoms with Crippen LogP contribution < -0.4 is 5.32 Å². The van der Waals surface area contributed by atoms with E-state index in [-0.39, 0.29) is 17.9 Å². The fourth-order valence-electron chi connectivity index (χ4n) is 3.62. The summed E-state index contributed by atoms with van der Waals surface area (Å²) in [7, 11) is 0. The second-order valence-electron chi connectivity index (χ2n) is 6.52. The van der Waals surface area contributed by atoms with Gasteiger partial charge in [-0.15, -0.1) is 11.3 Å². The number of thiophene rings is 1. The first-order valence-electron chi connectivity index (χ1n) is 7.96. The van der Waals surface area contributed by atoms with Gasteiger partial charge in [-0.3, -0.25) is 9.69 Å². The van der Waals surface area contributed by atoms with E-state index in [4.69, 9.17) is 4.74 Å². The maximum Gasteiger partial charge on any atom is 0.225 e. The van der Waals surface area contributed by atoms with E-state index in [1.165, 1.54) is 4.88 Å². The molecular formula is C16H22N2O2S. The lowest BCUT2D eigenvalue weighted by molar-refractivity contribution is -0.131. The molecule has 0 radical (unpaired) electrons.